The molecule has 0 aliphatic heterocycles. The number of carbonyl (C=O) groups excluding carboxylic acids is 1. The third kappa shape index (κ3) is 2.94. The zero-order valence-corrected chi connectivity index (χ0v) is 9.56. The molecule has 0 radical (unpaired) electrons. The fourth-order valence-corrected chi connectivity index (χ4v) is 1.66. The quantitative estimate of drug-likeness (QED) is 0.739. The lowest BCUT2D eigenvalue weighted by atomic mass is 10.1. The molecule has 0 bridgehead atoms. The molecule has 2 N–H and O–H groups in total. The van der Waals surface area contributed by atoms with Gasteiger partial charge < -0.3 is 15.0 Å². The number of amides is 1. The third-order valence-electron chi connectivity index (χ3n) is 3.17. The fraction of sp³-hybridized carbons (Fsp3) is 0.500. The Morgan fingerprint density at radius 2 is 2.24 bits per heavy atom. The molecule has 0 spiro atoms. The Balaban J connectivity index is 1.86. The highest BCUT2D eigenvalue weighted by molar-refractivity contribution is 5.75. The van der Waals surface area contributed by atoms with Gasteiger partial charge in [-0.15, -0.1) is 0 Å². The molecule has 1 aromatic rings. The fourth-order valence-electron chi connectivity index (χ4n) is 1.66. The number of aromatic nitrogens is 1. The second-order valence-electron chi connectivity index (χ2n) is 4.60. The Bertz CT molecular complexity index is 463. The van der Waals surface area contributed by atoms with Gasteiger partial charge in [0.1, 0.15) is 6.54 Å². The van der Waals surface area contributed by atoms with Crippen LogP contribution in [0.4, 0.5) is 0 Å². The topological polar surface area (TPSA) is 71.3 Å². The van der Waals surface area contributed by atoms with Crippen LogP contribution in [0.15, 0.2) is 29.2 Å². The molecular formula is C12H16N2O3. The van der Waals surface area contributed by atoms with E-state index in [9.17, 15) is 9.59 Å². The predicted octanol–water partition coefficient (Wildman–Crippen LogP) is -0.263. The first-order valence-electron chi connectivity index (χ1n) is 5.68. The van der Waals surface area contributed by atoms with E-state index in [1.165, 1.54) is 10.6 Å². The molecule has 1 amide bonds. The van der Waals surface area contributed by atoms with Crippen molar-refractivity contribution in [2.24, 2.45) is 5.41 Å². The number of hydrogen-bond donors (Lipinski definition) is 2. The van der Waals surface area contributed by atoms with Gasteiger partial charge in [-0.1, -0.05) is 6.07 Å². The van der Waals surface area contributed by atoms with Crippen LogP contribution in [0.5, 0.6) is 0 Å². The summed E-state index contributed by atoms with van der Waals surface area (Å²) in [6, 6.07) is 4.77. The highest BCUT2D eigenvalue weighted by Gasteiger charge is 2.41. The number of rotatable bonds is 5. The lowest BCUT2D eigenvalue weighted by Gasteiger charge is -2.13. The molecule has 0 atom stereocenters. The van der Waals surface area contributed by atoms with Crippen LogP contribution in [0.25, 0.3) is 0 Å². The van der Waals surface area contributed by atoms with Crippen LogP contribution in [-0.2, 0) is 11.3 Å². The molecule has 1 saturated carbocycles. The van der Waals surface area contributed by atoms with Gasteiger partial charge in [0.05, 0.1) is 6.61 Å². The van der Waals surface area contributed by atoms with Crippen molar-refractivity contribution < 1.29 is 9.90 Å². The summed E-state index contributed by atoms with van der Waals surface area (Å²) in [5.74, 6) is -0.196. The molecule has 17 heavy (non-hydrogen) atoms. The zero-order chi connectivity index (χ0) is 12.3. The van der Waals surface area contributed by atoms with Crippen molar-refractivity contribution in [1.82, 2.24) is 9.88 Å². The normalized spacial score (nSPS) is 16.5. The molecule has 92 valence electrons. The van der Waals surface area contributed by atoms with E-state index in [2.05, 4.69) is 5.32 Å². The number of nitrogens with zero attached hydrogens (tertiary/aromatic N) is 1. The Kier molecular flexibility index (Phi) is 3.28. The first-order chi connectivity index (χ1) is 8.15. The molecule has 1 aromatic heterocycles. The van der Waals surface area contributed by atoms with E-state index in [1.807, 2.05) is 0 Å². The molecule has 1 fully saturated rings. The number of aliphatic hydroxyl groups excluding tert-OH is 1. The third-order valence-corrected chi connectivity index (χ3v) is 3.17. The van der Waals surface area contributed by atoms with E-state index in [4.69, 9.17) is 5.11 Å². The summed E-state index contributed by atoms with van der Waals surface area (Å²) in [5, 5.41) is 11.9. The number of carbonyl (C=O) groups is 1. The molecule has 1 aliphatic carbocycles. The van der Waals surface area contributed by atoms with Crippen LogP contribution in [0.3, 0.4) is 0 Å². The van der Waals surface area contributed by atoms with Gasteiger partial charge in [0.2, 0.25) is 5.91 Å². The van der Waals surface area contributed by atoms with E-state index in [0.717, 1.165) is 12.8 Å². The van der Waals surface area contributed by atoms with Gasteiger partial charge in [0, 0.05) is 24.2 Å². The summed E-state index contributed by atoms with van der Waals surface area (Å²) < 4.78 is 1.36. The Morgan fingerprint density at radius 1 is 1.47 bits per heavy atom. The zero-order valence-electron chi connectivity index (χ0n) is 9.56. The van der Waals surface area contributed by atoms with Crippen molar-refractivity contribution in [2.45, 2.75) is 19.4 Å². The van der Waals surface area contributed by atoms with Crippen LogP contribution >= 0.6 is 0 Å². The predicted molar refractivity (Wildman–Crippen MR) is 62.5 cm³/mol. The smallest absolute Gasteiger partial charge is 0.250 e. The average molecular weight is 236 g/mol. The van der Waals surface area contributed by atoms with Crippen LogP contribution in [-0.4, -0.2) is 28.7 Å². The van der Waals surface area contributed by atoms with Crippen molar-refractivity contribution in [2.75, 3.05) is 13.2 Å². The van der Waals surface area contributed by atoms with Gasteiger partial charge in [0.25, 0.3) is 5.56 Å². The first-order valence-corrected chi connectivity index (χ1v) is 5.68. The van der Waals surface area contributed by atoms with Gasteiger partial charge in [-0.2, -0.15) is 0 Å². The molecule has 0 saturated heterocycles. The Morgan fingerprint density at radius 3 is 2.82 bits per heavy atom. The molecule has 5 nitrogen and oxygen atoms in total. The van der Waals surface area contributed by atoms with E-state index >= 15 is 0 Å². The van der Waals surface area contributed by atoms with Crippen molar-refractivity contribution >= 4 is 5.91 Å². The largest absolute Gasteiger partial charge is 0.396 e. The second kappa shape index (κ2) is 4.71. The van der Waals surface area contributed by atoms with Crippen LogP contribution < -0.4 is 10.9 Å². The second-order valence-corrected chi connectivity index (χ2v) is 4.60. The van der Waals surface area contributed by atoms with E-state index in [-0.39, 0.29) is 30.0 Å². The van der Waals surface area contributed by atoms with Gasteiger partial charge in [0.15, 0.2) is 0 Å². The molecule has 0 aromatic carbocycles. The number of hydrogen-bond acceptors (Lipinski definition) is 3. The number of aliphatic hydroxyl groups is 1. The van der Waals surface area contributed by atoms with Crippen LogP contribution in [0.1, 0.15) is 12.8 Å². The first kappa shape index (κ1) is 11.9. The summed E-state index contributed by atoms with van der Waals surface area (Å²) >= 11 is 0. The number of pyridine rings is 1. The van der Waals surface area contributed by atoms with E-state index in [0.29, 0.717) is 6.54 Å². The summed E-state index contributed by atoms with van der Waals surface area (Å²) in [6.07, 6.45) is 3.49. The minimum atomic E-state index is -0.196. The van der Waals surface area contributed by atoms with Gasteiger partial charge in [-0.3, -0.25) is 9.59 Å². The van der Waals surface area contributed by atoms with E-state index in [1.54, 1.807) is 18.3 Å². The molecule has 2 rings (SSSR count). The summed E-state index contributed by atoms with van der Waals surface area (Å²) in [4.78, 5) is 23.0. The number of nitrogens with one attached hydrogen (secondary N) is 1. The minimum absolute atomic E-state index is 0.0290. The summed E-state index contributed by atoms with van der Waals surface area (Å²) in [6.45, 7) is 0.629. The standard InChI is InChI=1S/C12H16N2O3/c15-9-12(4-5-12)8-13-10(16)7-14-6-2-1-3-11(14)17/h1-3,6,15H,4-5,7-9H2,(H,13,16). The van der Waals surface area contributed by atoms with Crippen molar-refractivity contribution in [3.63, 3.8) is 0 Å². The monoisotopic (exact) mass is 236 g/mol. The Hall–Kier alpha value is -1.62. The van der Waals surface area contributed by atoms with Crippen molar-refractivity contribution in [1.29, 1.82) is 0 Å². The maximum Gasteiger partial charge on any atom is 0.250 e. The minimum Gasteiger partial charge on any atom is -0.396 e. The lowest BCUT2D eigenvalue weighted by molar-refractivity contribution is -0.122. The molecule has 5 heteroatoms. The molecule has 1 aliphatic rings. The summed E-state index contributed by atoms with van der Waals surface area (Å²) in [7, 11) is 0. The highest BCUT2D eigenvalue weighted by atomic mass is 16.3. The molecular weight excluding hydrogens is 220 g/mol. The lowest BCUT2D eigenvalue weighted by Crippen LogP contribution is -2.36. The highest BCUT2D eigenvalue weighted by Crippen LogP contribution is 2.44. The van der Waals surface area contributed by atoms with Crippen molar-refractivity contribution in [3.8, 4) is 0 Å². The maximum atomic E-state index is 11.6. The maximum absolute atomic E-state index is 11.6. The van der Waals surface area contributed by atoms with Crippen molar-refractivity contribution in [3.05, 3.63) is 34.7 Å². The molecule has 0 unspecified atom stereocenters. The summed E-state index contributed by atoms with van der Waals surface area (Å²) in [5.41, 5.74) is -0.289. The Labute approximate surface area is 99.1 Å². The molecule has 1 heterocycles. The van der Waals surface area contributed by atoms with E-state index < -0.39 is 0 Å². The average Bonchev–Trinajstić information content (AvgIpc) is 3.10. The van der Waals surface area contributed by atoms with Gasteiger partial charge in [-0.05, 0) is 18.9 Å². The van der Waals surface area contributed by atoms with Crippen LogP contribution in [0.2, 0.25) is 0 Å². The van der Waals surface area contributed by atoms with Gasteiger partial charge in [-0.25, -0.2) is 0 Å². The SMILES string of the molecule is O=C(Cn1ccccc1=O)NCC1(CO)CC1. The van der Waals surface area contributed by atoms with Crippen LogP contribution in [0, 0.1) is 5.41 Å². The van der Waals surface area contributed by atoms with Gasteiger partial charge >= 0.3 is 0 Å².